The van der Waals surface area contributed by atoms with E-state index in [-0.39, 0.29) is 17.6 Å². The number of ketones is 2. The van der Waals surface area contributed by atoms with Gasteiger partial charge < -0.3 is 9.88 Å². The van der Waals surface area contributed by atoms with Crippen molar-refractivity contribution >= 4 is 17.4 Å². The minimum Gasteiger partial charge on any atom is -0.355 e. The summed E-state index contributed by atoms with van der Waals surface area (Å²) in [6.07, 6.45) is 1.80. The summed E-state index contributed by atoms with van der Waals surface area (Å²) in [4.78, 5) is 36.8. The van der Waals surface area contributed by atoms with Crippen molar-refractivity contribution in [2.24, 2.45) is 0 Å². The molecule has 6 nitrogen and oxygen atoms in total. The van der Waals surface area contributed by atoms with Crippen LogP contribution in [0.3, 0.4) is 0 Å². The molecule has 2 aromatic heterocycles. The van der Waals surface area contributed by atoms with Gasteiger partial charge in [-0.2, -0.15) is 0 Å². The molecule has 1 unspecified atom stereocenters. The highest BCUT2D eigenvalue weighted by molar-refractivity contribution is 6.05. The van der Waals surface area contributed by atoms with Crippen molar-refractivity contribution < 1.29 is 9.59 Å². The molecule has 1 aliphatic heterocycles. The summed E-state index contributed by atoms with van der Waals surface area (Å²) in [5.74, 6) is 1.02. The second kappa shape index (κ2) is 7.41. The number of carbonyl (C=O) groups excluding carboxylic acids is 2. The summed E-state index contributed by atoms with van der Waals surface area (Å²) in [5.41, 5.74) is 2.73. The van der Waals surface area contributed by atoms with E-state index in [1.165, 1.54) is 6.92 Å². The number of aromatic amines is 1. The molecule has 1 atom stereocenters. The zero-order chi connectivity index (χ0) is 18.8. The lowest BCUT2D eigenvalue weighted by molar-refractivity contribution is 0.0824. The van der Waals surface area contributed by atoms with Gasteiger partial charge in [-0.15, -0.1) is 0 Å². The first-order chi connectivity index (χ1) is 12.4. The number of hydrogen-bond acceptors (Lipinski definition) is 5. The van der Waals surface area contributed by atoms with E-state index in [1.807, 2.05) is 39.0 Å². The number of H-pyrrole nitrogens is 1. The second-order valence-electron chi connectivity index (χ2n) is 6.93. The molecule has 0 amide bonds. The van der Waals surface area contributed by atoms with Crippen LogP contribution in [0.25, 0.3) is 0 Å². The van der Waals surface area contributed by atoms with E-state index in [0.29, 0.717) is 11.3 Å². The number of aromatic nitrogens is 2. The number of anilines is 1. The number of nitrogens with one attached hydrogen (secondary N) is 1. The van der Waals surface area contributed by atoms with Crippen molar-refractivity contribution in [2.45, 2.75) is 33.7 Å². The van der Waals surface area contributed by atoms with E-state index >= 15 is 0 Å². The fraction of sp³-hybridized carbons (Fsp3) is 0.450. The van der Waals surface area contributed by atoms with Crippen LogP contribution in [0.15, 0.2) is 24.4 Å². The van der Waals surface area contributed by atoms with Crippen molar-refractivity contribution in [3.05, 3.63) is 46.9 Å². The molecule has 0 radical (unpaired) electrons. The largest absolute Gasteiger partial charge is 0.355 e. The van der Waals surface area contributed by atoms with Gasteiger partial charge in [0.2, 0.25) is 0 Å². The predicted octanol–water partition coefficient (Wildman–Crippen LogP) is 2.62. The molecule has 6 heteroatoms. The van der Waals surface area contributed by atoms with Gasteiger partial charge in [-0.1, -0.05) is 6.07 Å². The molecule has 0 aliphatic carbocycles. The highest BCUT2D eigenvalue weighted by Crippen LogP contribution is 2.22. The van der Waals surface area contributed by atoms with Gasteiger partial charge in [0, 0.05) is 43.6 Å². The molecule has 3 heterocycles. The maximum atomic E-state index is 13.0. The van der Waals surface area contributed by atoms with E-state index in [4.69, 9.17) is 0 Å². The standard InChI is InChI=1S/C20H26N4O2/c1-13-18(16(4)25)14(2)22-19(13)20(26)15(3)23-9-11-24(12-10-23)17-7-5-6-8-21-17/h5-8,15,22H,9-12H2,1-4H3. The van der Waals surface area contributed by atoms with Gasteiger partial charge in [-0.3, -0.25) is 14.5 Å². The third-order valence-corrected chi connectivity index (χ3v) is 5.25. The topological polar surface area (TPSA) is 69.3 Å². The third-order valence-electron chi connectivity index (χ3n) is 5.25. The van der Waals surface area contributed by atoms with Crippen LogP contribution in [0.1, 0.15) is 46.0 Å². The molecule has 0 bridgehead atoms. The quantitative estimate of drug-likeness (QED) is 0.836. The summed E-state index contributed by atoms with van der Waals surface area (Å²) >= 11 is 0. The lowest BCUT2D eigenvalue weighted by atomic mass is 10.0. The van der Waals surface area contributed by atoms with Crippen molar-refractivity contribution in [3.8, 4) is 0 Å². The molecule has 2 aromatic rings. The molecule has 0 aromatic carbocycles. The Hall–Kier alpha value is -2.47. The number of hydrogen-bond donors (Lipinski definition) is 1. The lowest BCUT2D eigenvalue weighted by Gasteiger charge is -2.38. The Balaban J connectivity index is 1.69. The van der Waals surface area contributed by atoms with Crippen LogP contribution in [0.2, 0.25) is 0 Å². The summed E-state index contributed by atoms with van der Waals surface area (Å²) < 4.78 is 0. The van der Waals surface area contributed by atoms with Crippen LogP contribution in [0.4, 0.5) is 5.82 Å². The van der Waals surface area contributed by atoms with Gasteiger partial charge in [-0.05, 0) is 45.4 Å². The van der Waals surface area contributed by atoms with E-state index in [9.17, 15) is 9.59 Å². The average Bonchev–Trinajstić information content (AvgIpc) is 2.95. The Morgan fingerprint density at radius 2 is 1.85 bits per heavy atom. The van der Waals surface area contributed by atoms with E-state index in [0.717, 1.165) is 43.3 Å². The molecule has 0 spiro atoms. The minimum atomic E-state index is -0.225. The second-order valence-corrected chi connectivity index (χ2v) is 6.93. The Morgan fingerprint density at radius 3 is 2.38 bits per heavy atom. The summed E-state index contributed by atoms with van der Waals surface area (Å²) in [6, 6.07) is 5.69. The number of aryl methyl sites for hydroxylation is 1. The van der Waals surface area contributed by atoms with Crippen LogP contribution in [0.5, 0.6) is 0 Å². The number of piperazine rings is 1. The highest BCUT2D eigenvalue weighted by Gasteiger charge is 2.29. The maximum absolute atomic E-state index is 13.0. The molecule has 1 fully saturated rings. The maximum Gasteiger partial charge on any atom is 0.196 e. The van der Waals surface area contributed by atoms with Gasteiger partial charge >= 0.3 is 0 Å². The lowest BCUT2D eigenvalue weighted by Crippen LogP contribution is -2.52. The summed E-state index contributed by atoms with van der Waals surface area (Å²) in [6.45, 7) is 10.5. The Kier molecular flexibility index (Phi) is 5.23. The van der Waals surface area contributed by atoms with Crippen molar-refractivity contribution in [2.75, 3.05) is 31.1 Å². The zero-order valence-electron chi connectivity index (χ0n) is 15.9. The van der Waals surface area contributed by atoms with Gasteiger partial charge in [0.15, 0.2) is 11.6 Å². The molecule has 3 rings (SSSR count). The number of pyridine rings is 1. The van der Waals surface area contributed by atoms with Gasteiger partial charge in [-0.25, -0.2) is 4.98 Å². The molecule has 26 heavy (non-hydrogen) atoms. The van der Waals surface area contributed by atoms with Crippen LogP contribution in [0, 0.1) is 13.8 Å². The molecule has 1 saturated heterocycles. The van der Waals surface area contributed by atoms with E-state index < -0.39 is 0 Å². The monoisotopic (exact) mass is 354 g/mol. The van der Waals surface area contributed by atoms with Crippen LogP contribution in [-0.2, 0) is 0 Å². The first-order valence-corrected chi connectivity index (χ1v) is 9.04. The fourth-order valence-electron chi connectivity index (χ4n) is 3.78. The van der Waals surface area contributed by atoms with Crippen molar-refractivity contribution in [1.29, 1.82) is 0 Å². The smallest absolute Gasteiger partial charge is 0.196 e. The SMILES string of the molecule is CC(=O)c1c(C)[nH]c(C(=O)C(C)N2CCN(c3ccccn3)CC2)c1C. The number of Topliss-reactive ketones (excluding diaryl/α,β-unsaturated/α-hetero) is 2. The molecule has 138 valence electrons. The molecule has 1 N–H and O–H groups in total. The van der Waals surface area contributed by atoms with Crippen molar-refractivity contribution in [1.82, 2.24) is 14.9 Å². The normalized spacial score (nSPS) is 16.5. The fourth-order valence-corrected chi connectivity index (χ4v) is 3.78. The Labute approximate surface area is 154 Å². The van der Waals surface area contributed by atoms with Gasteiger partial charge in [0.05, 0.1) is 11.7 Å². The molecular weight excluding hydrogens is 328 g/mol. The average molecular weight is 354 g/mol. The number of rotatable bonds is 5. The molecule has 0 saturated carbocycles. The van der Waals surface area contributed by atoms with Crippen molar-refractivity contribution in [3.63, 3.8) is 0 Å². The first kappa shape index (κ1) is 18.3. The highest BCUT2D eigenvalue weighted by atomic mass is 16.1. The summed E-state index contributed by atoms with van der Waals surface area (Å²) in [5, 5.41) is 0. The van der Waals surface area contributed by atoms with Crippen LogP contribution < -0.4 is 4.90 Å². The van der Waals surface area contributed by atoms with Gasteiger partial charge in [0.25, 0.3) is 0 Å². The minimum absolute atomic E-state index is 0.00747. The molecule has 1 aliphatic rings. The van der Waals surface area contributed by atoms with E-state index in [1.54, 1.807) is 6.20 Å². The first-order valence-electron chi connectivity index (χ1n) is 9.04. The number of nitrogens with zero attached hydrogens (tertiary/aromatic N) is 3. The summed E-state index contributed by atoms with van der Waals surface area (Å²) in [7, 11) is 0. The van der Waals surface area contributed by atoms with Crippen LogP contribution >= 0.6 is 0 Å². The zero-order valence-corrected chi connectivity index (χ0v) is 15.9. The van der Waals surface area contributed by atoms with E-state index in [2.05, 4.69) is 19.8 Å². The van der Waals surface area contributed by atoms with Crippen LogP contribution in [-0.4, -0.2) is 58.7 Å². The van der Waals surface area contributed by atoms with Gasteiger partial charge in [0.1, 0.15) is 5.82 Å². The Bertz CT molecular complexity index is 805. The predicted molar refractivity (Wildman–Crippen MR) is 102 cm³/mol. The number of carbonyl (C=O) groups is 2. The third kappa shape index (κ3) is 3.42. The molecular formula is C20H26N4O2. The Morgan fingerprint density at radius 1 is 1.15 bits per heavy atom.